The Bertz CT molecular complexity index is 511. The van der Waals surface area contributed by atoms with E-state index in [0.29, 0.717) is 21.8 Å². The van der Waals surface area contributed by atoms with Crippen molar-refractivity contribution in [3.63, 3.8) is 0 Å². The zero-order valence-corrected chi connectivity index (χ0v) is 10.7. The highest BCUT2D eigenvalue weighted by atomic mass is 79.9. The van der Waals surface area contributed by atoms with Gasteiger partial charge >= 0.3 is 0 Å². The second-order valence-corrected chi connectivity index (χ2v) is 4.44. The molecule has 0 saturated carbocycles. The highest BCUT2D eigenvalue weighted by molar-refractivity contribution is 9.10. The molecule has 2 aromatic rings. The number of halogens is 2. The molecule has 5 heteroatoms. The molecule has 88 valence electrons. The second kappa shape index (κ2) is 4.71. The second-order valence-electron chi connectivity index (χ2n) is 3.58. The summed E-state index contributed by atoms with van der Waals surface area (Å²) in [5, 5.41) is 0. The van der Waals surface area contributed by atoms with E-state index in [9.17, 15) is 4.39 Å². The molecule has 2 rings (SSSR count). The van der Waals surface area contributed by atoms with Crippen molar-refractivity contribution in [2.75, 3.05) is 5.73 Å². The van der Waals surface area contributed by atoms with E-state index < -0.39 is 0 Å². The van der Waals surface area contributed by atoms with Gasteiger partial charge in [0, 0.05) is 6.20 Å². The molecule has 17 heavy (non-hydrogen) atoms. The van der Waals surface area contributed by atoms with Crippen molar-refractivity contribution >= 4 is 21.6 Å². The fourth-order valence-corrected chi connectivity index (χ4v) is 1.76. The number of ether oxygens (including phenoxy) is 1. The number of benzene rings is 1. The van der Waals surface area contributed by atoms with Gasteiger partial charge in [0.15, 0.2) is 0 Å². The third kappa shape index (κ3) is 2.74. The van der Waals surface area contributed by atoms with E-state index in [1.165, 1.54) is 18.2 Å². The normalized spacial score (nSPS) is 10.3. The third-order valence-electron chi connectivity index (χ3n) is 2.12. The summed E-state index contributed by atoms with van der Waals surface area (Å²) in [4.78, 5) is 4.07. The van der Waals surface area contributed by atoms with Gasteiger partial charge in [0.1, 0.15) is 11.6 Å². The summed E-state index contributed by atoms with van der Waals surface area (Å²) in [6.45, 7) is 1.89. The van der Waals surface area contributed by atoms with E-state index >= 15 is 0 Å². The van der Waals surface area contributed by atoms with Crippen LogP contribution in [0.1, 0.15) is 5.56 Å². The van der Waals surface area contributed by atoms with Gasteiger partial charge in [0.2, 0.25) is 5.88 Å². The van der Waals surface area contributed by atoms with Crippen LogP contribution in [-0.2, 0) is 0 Å². The van der Waals surface area contributed by atoms with Crippen molar-refractivity contribution in [3.8, 4) is 11.6 Å². The molecule has 0 aliphatic carbocycles. The van der Waals surface area contributed by atoms with E-state index in [0.717, 1.165) is 5.56 Å². The highest BCUT2D eigenvalue weighted by Crippen LogP contribution is 2.31. The number of aryl methyl sites for hydroxylation is 1. The quantitative estimate of drug-likeness (QED) is 0.920. The first-order valence-corrected chi connectivity index (χ1v) is 5.70. The lowest BCUT2D eigenvalue weighted by Gasteiger charge is -2.09. The average Bonchev–Trinajstić information content (AvgIpc) is 2.25. The average molecular weight is 297 g/mol. The Morgan fingerprint density at radius 2 is 2.12 bits per heavy atom. The van der Waals surface area contributed by atoms with Crippen LogP contribution in [0.4, 0.5) is 10.1 Å². The molecule has 0 fully saturated rings. The van der Waals surface area contributed by atoms with Crippen molar-refractivity contribution in [2.45, 2.75) is 6.92 Å². The van der Waals surface area contributed by atoms with Crippen LogP contribution in [0.5, 0.6) is 11.6 Å². The minimum Gasteiger partial charge on any atom is -0.436 e. The lowest BCUT2D eigenvalue weighted by Crippen LogP contribution is -1.96. The minimum atomic E-state index is -0.339. The van der Waals surface area contributed by atoms with Crippen LogP contribution in [-0.4, -0.2) is 4.98 Å². The maximum Gasteiger partial charge on any atom is 0.242 e. The number of rotatable bonds is 2. The van der Waals surface area contributed by atoms with Crippen molar-refractivity contribution in [2.24, 2.45) is 0 Å². The van der Waals surface area contributed by atoms with Crippen molar-refractivity contribution in [3.05, 3.63) is 46.3 Å². The number of pyridine rings is 1. The molecule has 0 spiro atoms. The van der Waals surface area contributed by atoms with Gasteiger partial charge in [0.25, 0.3) is 0 Å². The fourth-order valence-electron chi connectivity index (χ4n) is 1.33. The van der Waals surface area contributed by atoms with Crippen LogP contribution in [0.2, 0.25) is 0 Å². The number of hydrogen-bond acceptors (Lipinski definition) is 3. The topological polar surface area (TPSA) is 48.1 Å². The molecule has 0 atom stereocenters. The predicted octanol–water partition coefficient (Wildman–Crippen LogP) is 3.67. The highest BCUT2D eigenvalue weighted by Gasteiger charge is 2.07. The van der Waals surface area contributed by atoms with E-state index in [-0.39, 0.29) is 5.82 Å². The third-order valence-corrected chi connectivity index (χ3v) is 2.74. The summed E-state index contributed by atoms with van der Waals surface area (Å²) in [6, 6.07) is 5.91. The first-order chi connectivity index (χ1) is 8.06. The van der Waals surface area contributed by atoms with Crippen LogP contribution in [0.25, 0.3) is 0 Å². The van der Waals surface area contributed by atoms with E-state index in [1.54, 1.807) is 12.3 Å². The fraction of sp³-hybridized carbons (Fsp3) is 0.0833. The van der Waals surface area contributed by atoms with E-state index in [1.807, 2.05) is 6.92 Å². The van der Waals surface area contributed by atoms with E-state index in [2.05, 4.69) is 20.9 Å². The predicted molar refractivity (Wildman–Crippen MR) is 67.6 cm³/mol. The number of anilines is 1. The molecule has 0 amide bonds. The maximum absolute atomic E-state index is 12.9. The standard InChI is InChI=1S/C12H10BrFN2O/c1-7-4-10(15)12(16-6-7)17-11-3-2-8(14)5-9(11)13/h2-6H,15H2,1H3. The van der Waals surface area contributed by atoms with Crippen LogP contribution in [0.15, 0.2) is 34.9 Å². The first-order valence-electron chi connectivity index (χ1n) is 4.91. The van der Waals surface area contributed by atoms with Crippen molar-refractivity contribution < 1.29 is 9.13 Å². The molecule has 3 nitrogen and oxygen atoms in total. The molecule has 0 aliphatic heterocycles. The Balaban J connectivity index is 2.31. The number of nitrogens with two attached hydrogens (primary N) is 1. The van der Waals surface area contributed by atoms with Gasteiger partial charge in [-0.3, -0.25) is 0 Å². The molecule has 0 radical (unpaired) electrons. The number of hydrogen-bond donors (Lipinski definition) is 1. The van der Waals surface area contributed by atoms with Crippen LogP contribution < -0.4 is 10.5 Å². The smallest absolute Gasteiger partial charge is 0.242 e. The molecule has 0 bridgehead atoms. The SMILES string of the molecule is Cc1cnc(Oc2ccc(F)cc2Br)c(N)c1. The maximum atomic E-state index is 12.9. The Labute approximate surface area is 107 Å². The summed E-state index contributed by atoms with van der Waals surface area (Å²) >= 11 is 3.21. The Morgan fingerprint density at radius 3 is 2.76 bits per heavy atom. The molecule has 1 aromatic carbocycles. The molecular formula is C12H10BrFN2O. The number of aromatic nitrogens is 1. The van der Waals surface area contributed by atoms with Crippen LogP contribution >= 0.6 is 15.9 Å². The van der Waals surface area contributed by atoms with Gasteiger partial charge in [-0.2, -0.15) is 0 Å². The van der Waals surface area contributed by atoms with Gasteiger partial charge in [-0.05, 0) is 52.7 Å². The largest absolute Gasteiger partial charge is 0.436 e. The minimum absolute atomic E-state index is 0.308. The summed E-state index contributed by atoms with van der Waals surface area (Å²) in [6.07, 6.45) is 1.66. The molecular weight excluding hydrogens is 287 g/mol. The Morgan fingerprint density at radius 1 is 1.35 bits per heavy atom. The lowest BCUT2D eigenvalue weighted by atomic mass is 10.3. The van der Waals surface area contributed by atoms with Gasteiger partial charge in [-0.1, -0.05) is 0 Å². The number of nitrogens with zero attached hydrogens (tertiary/aromatic N) is 1. The summed E-state index contributed by atoms with van der Waals surface area (Å²) in [5.41, 5.74) is 7.17. The first kappa shape index (κ1) is 11.9. The molecule has 0 aliphatic rings. The number of nitrogen functional groups attached to an aromatic ring is 1. The van der Waals surface area contributed by atoms with Crippen LogP contribution in [0, 0.1) is 12.7 Å². The molecule has 2 N–H and O–H groups in total. The Hall–Kier alpha value is -1.62. The molecule has 1 aromatic heterocycles. The van der Waals surface area contributed by atoms with Gasteiger partial charge < -0.3 is 10.5 Å². The molecule has 0 saturated heterocycles. The lowest BCUT2D eigenvalue weighted by molar-refractivity contribution is 0.460. The molecule has 1 heterocycles. The van der Waals surface area contributed by atoms with Gasteiger partial charge in [-0.15, -0.1) is 0 Å². The summed E-state index contributed by atoms with van der Waals surface area (Å²) < 4.78 is 18.9. The zero-order valence-electron chi connectivity index (χ0n) is 9.08. The van der Waals surface area contributed by atoms with Crippen molar-refractivity contribution in [1.82, 2.24) is 4.98 Å². The Kier molecular flexibility index (Phi) is 3.28. The van der Waals surface area contributed by atoms with Gasteiger partial charge in [-0.25, -0.2) is 9.37 Å². The summed E-state index contributed by atoms with van der Waals surface area (Å²) in [7, 11) is 0. The zero-order chi connectivity index (χ0) is 12.4. The monoisotopic (exact) mass is 296 g/mol. The van der Waals surface area contributed by atoms with Crippen LogP contribution in [0.3, 0.4) is 0 Å². The van der Waals surface area contributed by atoms with Crippen molar-refractivity contribution in [1.29, 1.82) is 0 Å². The van der Waals surface area contributed by atoms with E-state index in [4.69, 9.17) is 10.5 Å². The molecule has 0 unspecified atom stereocenters. The van der Waals surface area contributed by atoms with Gasteiger partial charge in [0.05, 0.1) is 10.2 Å². The summed E-state index contributed by atoms with van der Waals surface area (Å²) in [5.74, 6) is 0.437.